The van der Waals surface area contributed by atoms with Crippen molar-refractivity contribution in [2.45, 2.75) is 20.0 Å². The van der Waals surface area contributed by atoms with Gasteiger partial charge in [-0.2, -0.15) is 0 Å². The van der Waals surface area contributed by atoms with Crippen LogP contribution in [0.1, 0.15) is 13.8 Å². The van der Waals surface area contributed by atoms with Gasteiger partial charge >= 0.3 is 6.09 Å². The predicted octanol–water partition coefficient (Wildman–Crippen LogP) is 1.61. The first kappa shape index (κ1) is 8.97. The maximum absolute atomic E-state index is 10.5. The van der Waals surface area contributed by atoms with Gasteiger partial charge < -0.3 is 4.74 Å². The van der Waals surface area contributed by atoms with Crippen LogP contribution in [0.5, 0.6) is 0 Å². The number of hydrogen-bond donors (Lipinski definition) is 2. The number of amides is 1. The summed E-state index contributed by atoms with van der Waals surface area (Å²) in [5.41, 5.74) is 0. The lowest BCUT2D eigenvalue weighted by atomic mass is 10.5. The van der Waals surface area contributed by atoms with Crippen molar-refractivity contribution in [3.63, 3.8) is 0 Å². The molecule has 0 aromatic carbocycles. The minimum atomic E-state index is -0.454. The van der Waals surface area contributed by atoms with E-state index in [0.717, 1.165) is 11.0 Å². The molecule has 0 saturated carbocycles. The summed E-state index contributed by atoms with van der Waals surface area (Å²) in [5, 5.41) is 0. The van der Waals surface area contributed by atoms with Crippen LogP contribution in [0.4, 0.5) is 4.79 Å². The van der Waals surface area contributed by atoms with Gasteiger partial charge in [0.15, 0.2) is 0 Å². The van der Waals surface area contributed by atoms with Crippen LogP contribution in [0.15, 0.2) is 0 Å². The quantitative estimate of drug-likeness (QED) is 0.373. The second-order valence-electron chi connectivity index (χ2n) is 1.65. The van der Waals surface area contributed by atoms with Crippen molar-refractivity contribution in [3.05, 3.63) is 0 Å². The summed E-state index contributed by atoms with van der Waals surface area (Å²) in [6, 6.07) is 0. The minimum Gasteiger partial charge on any atom is -0.446 e. The molecular weight excluding hydrogens is 158 g/mol. The lowest BCUT2D eigenvalue weighted by Crippen LogP contribution is -2.19. The number of hydrogen-bond acceptors (Lipinski definition) is 4. The number of nitrogens with one attached hydrogen (secondary N) is 1. The largest absolute Gasteiger partial charge is 0.446 e. The fourth-order valence-electron chi connectivity index (χ4n) is 0.275. The Hall–Kier alpha value is -0.0300. The van der Waals surface area contributed by atoms with Crippen molar-refractivity contribution < 1.29 is 9.53 Å². The molecule has 0 fully saturated rings. The summed E-state index contributed by atoms with van der Waals surface area (Å²) in [6.07, 6.45) is -0.532. The number of thiol groups is 1. The summed E-state index contributed by atoms with van der Waals surface area (Å²) in [4.78, 5) is 10.5. The van der Waals surface area contributed by atoms with E-state index in [1.54, 1.807) is 13.8 Å². The van der Waals surface area contributed by atoms with Crippen LogP contribution in [0.3, 0.4) is 0 Å². The van der Waals surface area contributed by atoms with Crippen LogP contribution < -0.4 is 4.72 Å². The van der Waals surface area contributed by atoms with E-state index in [-0.39, 0.29) is 6.10 Å². The van der Waals surface area contributed by atoms with Crippen LogP contribution >= 0.6 is 22.6 Å². The summed E-state index contributed by atoms with van der Waals surface area (Å²) < 4.78 is 6.97. The smallest absolute Gasteiger partial charge is 0.418 e. The minimum absolute atomic E-state index is 0.0783. The zero-order valence-corrected chi connectivity index (χ0v) is 6.96. The van der Waals surface area contributed by atoms with Gasteiger partial charge in [0, 0.05) is 11.0 Å². The topological polar surface area (TPSA) is 38.3 Å². The van der Waals surface area contributed by atoms with E-state index < -0.39 is 6.09 Å². The third-order valence-electron chi connectivity index (χ3n) is 0.472. The first-order valence-electron chi connectivity index (χ1n) is 2.44. The highest BCUT2D eigenvalue weighted by Gasteiger charge is 2.01. The fraction of sp³-hybridized carbons (Fsp3) is 0.750. The van der Waals surface area contributed by atoms with E-state index >= 15 is 0 Å². The first-order valence-corrected chi connectivity index (χ1v) is 4.30. The zero-order chi connectivity index (χ0) is 7.28. The molecule has 0 aromatic rings. The van der Waals surface area contributed by atoms with Crippen LogP contribution in [0.25, 0.3) is 0 Å². The lowest BCUT2D eigenvalue weighted by molar-refractivity contribution is 0.122. The molecule has 5 heteroatoms. The van der Waals surface area contributed by atoms with Crippen molar-refractivity contribution in [2.24, 2.45) is 0 Å². The van der Waals surface area contributed by atoms with E-state index in [2.05, 4.69) is 21.1 Å². The van der Waals surface area contributed by atoms with E-state index in [4.69, 9.17) is 0 Å². The fourth-order valence-corrected chi connectivity index (χ4v) is 0.622. The molecule has 3 nitrogen and oxygen atoms in total. The van der Waals surface area contributed by atoms with Gasteiger partial charge in [-0.3, -0.25) is 4.72 Å². The van der Waals surface area contributed by atoms with Crippen LogP contribution in [0.2, 0.25) is 0 Å². The van der Waals surface area contributed by atoms with E-state index in [0.29, 0.717) is 0 Å². The van der Waals surface area contributed by atoms with E-state index in [9.17, 15) is 4.79 Å². The SMILES string of the molecule is CC(C)OC(=O)NSS. The molecule has 0 aliphatic rings. The predicted molar refractivity (Wildman–Crippen MR) is 41.3 cm³/mol. The normalized spacial score (nSPS) is 9.33. The molecule has 0 bridgehead atoms. The molecule has 0 unspecified atom stereocenters. The third kappa shape index (κ3) is 5.85. The third-order valence-corrected chi connectivity index (χ3v) is 1.00. The second-order valence-corrected chi connectivity index (χ2v) is 2.58. The van der Waals surface area contributed by atoms with Crippen molar-refractivity contribution >= 4 is 28.7 Å². The van der Waals surface area contributed by atoms with Crippen LogP contribution in [-0.2, 0) is 4.74 Å². The highest BCUT2D eigenvalue weighted by molar-refractivity contribution is 8.67. The van der Waals surface area contributed by atoms with Crippen molar-refractivity contribution in [3.8, 4) is 0 Å². The maximum Gasteiger partial charge on any atom is 0.418 e. The van der Waals surface area contributed by atoms with Crippen molar-refractivity contribution in [1.82, 2.24) is 4.72 Å². The second kappa shape index (κ2) is 4.81. The van der Waals surface area contributed by atoms with Crippen LogP contribution in [-0.4, -0.2) is 12.2 Å². The van der Waals surface area contributed by atoms with Crippen LogP contribution in [0, 0.1) is 0 Å². The van der Waals surface area contributed by atoms with Gasteiger partial charge in [-0.25, -0.2) is 4.79 Å². The Bertz CT molecular complexity index is 96.6. The Morgan fingerprint density at radius 3 is 2.67 bits per heavy atom. The highest BCUT2D eigenvalue weighted by Crippen LogP contribution is 1.98. The first-order chi connectivity index (χ1) is 4.16. The van der Waals surface area contributed by atoms with E-state index in [1.807, 2.05) is 0 Å². The molecule has 0 atom stereocenters. The summed E-state index contributed by atoms with van der Waals surface area (Å²) in [7, 11) is 0.922. The number of carbonyl (C=O) groups excluding carboxylic acids is 1. The van der Waals surface area contributed by atoms with Gasteiger partial charge in [0.1, 0.15) is 0 Å². The van der Waals surface area contributed by atoms with Crippen molar-refractivity contribution in [2.75, 3.05) is 0 Å². The van der Waals surface area contributed by atoms with Gasteiger partial charge in [-0.05, 0) is 13.8 Å². The Balaban J connectivity index is 3.27. The molecule has 0 aliphatic heterocycles. The van der Waals surface area contributed by atoms with Crippen molar-refractivity contribution in [1.29, 1.82) is 0 Å². The summed E-state index contributed by atoms with van der Waals surface area (Å²) in [5.74, 6) is 0. The molecule has 0 heterocycles. The number of carbonyl (C=O) groups is 1. The molecule has 0 spiro atoms. The molecule has 0 aromatic heterocycles. The lowest BCUT2D eigenvalue weighted by Gasteiger charge is -2.05. The molecule has 0 rings (SSSR count). The molecule has 0 saturated heterocycles. The maximum atomic E-state index is 10.5. The average molecular weight is 167 g/mol. The average Bonchev–Trinajstić information content (AvgIpc) is 1.63. The molecule has 0 aliphatic carbocycles. The molecule has 0 radical (unpaired) electrons. The van der Waals surface area contributed by atoms with Gasteiger partial charge in [0.2, 0.25) is 0 Å². The van der Waals surface area contributed by atoms with Gasteiger partial charge in [-0.15, -0.1) is 0 Å². The number of rotatable bonds is 2. The Morgan fingerprint density at radius 2 is 2.33 bits per heavy atom. The summed E-state index contributed by atoms with van der Waals surface area (Å²) in [6.45, 7) is 3.56. The Labute approximate surface area is 63.5 Å². The summed E-state index contributed by atoms with van der Waals surface area (Å²) >= 11 is 3.69. The highest BCUT2D eigenvalue weighted by atomic mass is 33.1. The van der Waals surface area contributed by atoms with Gasteiger partial charge in [-0.1, -0.05) is 11.7 Å². The molecule has 1 N–H and O–H groups in total. The van der Waals surface area contributed by atoms with Gasteiger partial charge in [0.25, 0.3) is 0 Å². The Morgan fingerprint density at radius 1 is 1.78 bits per heavy atom. The van der Waals surface area contributed by atoms with E-state index in [1.165, 1.54) is 0 Å². The standard InChI is InChI=1S/C4H9NO2S2/c1-3(2)7-4(6)5-9-8/h3,8H,1-2H3,(H,5,6). The number of ether oxygens (including phenoxy) is 1. The molecule has 9 heavy (non-hydrogen) atoms. The Kier molecular flexibility index (Phi) is 4.80. The van der Waals surface area contributed by atoms with Gasteiger partial charge in [0.05, 0.1) is 6.10 Å². The monoisotopic (exact) mass is 167 g/mol. The molecule has 1 amide bonds. The molecule has 54 valence electrons. The zero-order valence-electron chi connectivity index (χ0n) is 5.25. The molecular formula is C4H9NO2S2.